The highest BCUT2D eigenvalue weighted by Crippen LogP contribution is 2.20. The predicted molar refractivity (Wildman–Crippen MR) is 85.0 cm³/mol. The van der Waals surface area contributed by atoms with Crippen LogP contribution in [-0.4, -0.2) is 50.3 Å². The maximum absolute atomic E-state index is 12.5. The van der Waals surface area contributed by atoms with Gasteiger partial charge in [0.2, 0.25) is 0 Å². The standard InChI is InChI=1S/C15H25N3O2S/c1-17(10-7-14-5-3-2-4-6-14)21(19,20)18-11-8-15(13-16)9-12-18/h2-6,15H,7-13,16H2,1H3. The number of nitrogens with zero attached hydrogens (tertiary/aromatic N) is 2. The molecule has 0 amide bonds. The summed E-state index contributed by atoms with van der Waals surface area (Å²) in [6, 6.07) is 9.95. The summed E-state index contributed by atoms with van der Waals surface area (Å²) in [5.74, 6) is 0.464. The number of likely N-dealkylation sites (N-methyl/N-ethyl adjacent to an activating group) is 1. The Bertz CT molecular complexity index is 525. The van der Waals surface area contributed by atoms with Crippen molar-refractivity contribution in [2.24, 2.45) is 11.7 Å². The third-order valence-corrected chi connectivity index (χ3v) is 6.17. The minimum Gasteiger partial charge on any atom is -0.330 e. The van der Waals surface area contributed by atoms with Crippen molar-refractivity contribution < 1.29 is 8.42 Å². The van der Waals surface area contributed by atoms with Gasteiger partial charge in [0, 0.05) is 26.7 Å². The first-order valence-electron chi connectivity index (χ1n) is 7.49. The zero-order valence-electron chi connectivity index (χ0n) is 12.6. The summed E-state index contributed by atoms with van der Waals surface area (Å²) in [5, 5.41) is 0. The average molecular weight is 311 g/mol. The van der Waals surface area contributed by atoms with Crippen LogP contribution in [0.25, 0.3) is 0 Å². The molecule has 0 spiro atoms. The first-order chi connectivity index (χ1) is 10.0. The second-order valence-electron chi connectivity index (χ2n) is 5.64. The molecule has 0 radical (unpaired) electrons. The van der Waals surface area contributed by atoms with Crippen LogP contribution in [0.15, 0.2) is 30.3 Å². The highest BCUT2D eigenvalue weighted by Gasteiger charge is 2.30. The van der Waals surface area contributed by atoms with E-state index in [1.807, 2.05) is 30.3 Å². The predicted octanol–water partition coefficient (Wildman–Crippen LogP) is 1.08. The molecule has 1 fully saturated rings. The Morgan fingerprint density at radius 2 is 1.86 bits per heavy atom. The van der Waals surface area contributed by atoms with E-state index in [0.29, 0.717) is 32.1 Å². The van der Waals surface area contributed by atoms with Gasteiger partial charge in [0.1, 0.15) is 0 Å². The van der Waals surface area contributed by atoms with Gasteiger partial charge >= 0.3 is 0 Å². The Morgan fingerprint density at radius 3 is 2.43 bits per heavy atom. The Morgan fingerprint density at radius 1 is 1.24 bits per heavy atom. The first-order valence-corrected chi connectivity index (χ1v) is 8.89. The minimum atomic E-state index is -3.34. The van der Waals surface area contributed by atoms with E-state index in [-0.39, 0.29) is 0 Å². The summed E-state index contributed by atoms with van der Waals surface area (Å²) in [6.45, 7) is 2.32. The Hall–Kier alpha value is -0.950. The molecule has 1 aliphatic rings. The largest absolute Gasteiger partial charge is 0.330 e. The molecule has 0 saturated carbocycles. The van der Waals surface area contributed by atoms with Crippen molar-refractivity contribution in [3.63, 3.8) is 0 Å². The molecule has 1 saturated heterocycles. The monoisotopic (exact) mass is 311 g/mol. The maximum Gasteiger partial charge on any atom is 0.281 e. The molecule has 1 aliphatic heterocycles. The quantitative estimate of drug-likeness (QED) is 0.855. The van der Waals surface area contributed by atoms with Crippen molar-refractivity contribution in [3.8, 4) is 0 Å². The molecule has 0 atom stereocenters. The average Bonchev–Trinajstić information content (AvgIpc) is 2.53. The van der Waals surface area contributed by atoms with Crippen LogP contribution in [0, 0.1) is 5.92 Å². The molecule has 1 aromatic rings. The molecule has 6 heteroatoms. The normalized spacial score (nSPS) is 18.2. The second-order valence-corrected chi connectivity index (χ2v) is 7.68. The summed E-state index contributed by atoms with van der Waals surface area (Å²) in [4.78, 5) is 0. The molecule has 0 aromatic heterocycles. The van der Waals surface area contributed by atoms with Gasteiger partial charge in [0.05, 0.1) is 0 Å². The smallest absolute Gasteiger partial charge is 0.281 e. The van der Waals surface area contributed by atoms with Gasteiger partial charge in [-0.05, 0) is 37.3 Å². The summed E-state index contributed by atoms with van der Waals surface area (Å²) in [6.07, 6.45) is 2.46. The number of hydrogen-bond donors (Lipinski definition) is 1. The lowest BCUT2D eigenvalue weighted by atomic mass is 9.99. The van der Waals surface area contributed by atoms with E-state index in [1.54, 1.807) is 11.4 Å². The van der Waals surface area contributed by atoms with Gasteiger partial charge in [-0.15, -0.1) is 0 Å². The molecule has 0 aliphatic carbocycles. The molecule has 21 heavy (non-hydrogen) atoms. The van der Waals surface area contributed by atoms with Crippen molar-refractivity contribution in [2.75, 3.05) is 33.2 Å². The van der Waals surface area contributed by atoms with Crippen LogP contribution in [0.1, 0.15) is 18.4 Å². The third kappa shape index (κ3) is 4.26. The van der Waals surface area contributed by atoms with E-state index in [0.717, 1.165) is 24.8 Å². The Kier molecular flexibility index (Phi) is 5.75. The van der Waals surface area contributed by atoms with Crippen LogP contribution in [-0.2, 0) is 16.6 Å². The van der Waals surface area contributed by atoms with Crippen LogP contribution >= 0.6 is 0 Å². The van der Waals surface area contributed by atoms with Gasteiger partial charge in [-0.25, -0.2) is 0 Å². The summed E-state index contributed by atoms with van der Waals surface area (Å²) < 4.78 is 28.1. The lowest BCUT2D eigenvalue weighted by molar-refractivity contribution is 0.263. The Labute approximate surface area is 127 Å². The summed E-state index contributed by atoms with van der Waals surface area (Å²) in [7, 11) is -1.68. The van der Waals surface area contributed by atoms with Gasteiger partial charge < -0.3 is 5.73 Å². The summed E-state index contributed by atoms with van der Waals surface area (Å²) in [5.41, 5.74) is 6.81. The van der Waals surface area contributed by atoms with Crippen molar-refractivity contribution in [3.05, 3.63) is 35.9 Å². The van der Waals surface area contributed by atoms with Gasteiger partial charge in [-0.1, -0.05) is 30.3 Å². The minimum absolute atomic E-state index is 0.464. The fraction of sp³-hybridized carbons (Fsp3) is 0.600. The lowest BCUT2D eigenvalue weighted by Crippen LogP contribution is -2.46. The number of benzene rings is 1. The number of hydrogen-bond acceptors (Lipinski definition) is 3. The van der Waals surface area contributed by atoms with E-state index < -0.39 is 10.2 Å². The van der Waals surface area contributed by atoms with Crippen LogP contribution in [0.2, 0.25) is 0 Å². The highest BCUT2D eigenvalue weighted by atomic mass is 32.2. The molecule has 5 nitrogen and oxygen atoms in total. The zero-order chi connectivity index (χ0) is 15.3. The van der Waals surface area contributed by atoms with Gasteiger partial charge in [-0.2, -0.15) is 17.0 Å². The molecule has 118 valence electrons. The van der Waals surface area contributed by atoms with Crippen molar-refractivity contribution in [2.45, 2.75) is 19.3 Å². The van der Waals surface area contributed by atoms with E-state index in [2.05, 4.69) is 0 Å². The van der Waals surface area contributed by atoms with Gasteiger partial charge in [-0.3, -0.25) is 0 Å². The highest BCUT2D eigenvalue weighted by molar-refractivity contribution is 7.86. The van der Waals surface area contributed by atoms with E-state index in [1.165, 1.54) is 4.31 Å². The number of piperidine rings is 1. The van der Waals surface area contributed by atoms with E-state index in [4.69, 9.17) is 5.73 Å². The van der Waals surface area contributed by atoms with Gasteiger partial charge in [0.25, 0.3) is 10.2 Å². The molecule has 1 aromatic carbocycles. The van der Waals surface area contributed by atoms with E-state index >= 15 is 0 Å². The van der Waals surface area contributed by atoms with Crippen LogP contribution in [0.3, 0.4) is 0 Å². The lowest BCUT2D eigenvalue weighted by Gasteiger charge is -2.33. The van der Waals surface area contributed by atoms with Crippen LogP contribution < -0.4 is 5.73 Å². The Balaban J connectivity index is 1.90. The van der Waals surface area contributed by atoms with Crippen molar-refractivity contribution >= 4 is 10.2 Å². The summed E-state index contributed by atoms with van der Waals surface area (Å²) >= 11 is 0. The first kappa shape index (κ1) is 16.4. The van der Waals surface area contributed by atoms with E-state index in [9.17, 15) is 8.42 Å². The van der Waals surface area contributed by atoms with Crippen LogP contribution in [0.4, 0.5) is 0 Å². The second kappa shape index (κ2) is 7.35. The molecule has 0 bridgehead atoms. The molecule has 1 heterocycles. The molecular weight excluding hydrogens is 286 g/mol. The fourth-order valence-corrected chi connectivity index (χ4v) is 4.01. The third-order valence-electron chi connectivity index (χ3n) is 4.19. The molecule has 2 N–H and O–H groups in total. The number of rotatable bonds is 6. The topological polar surface area (TPSA) is 66.6 Å². The molecule has 2 rings (SSSR count). The van der Waals surface area contributed by atoms with Crippen LogP contribution in [0.5, 0.6) is 0 Å². The molecular formula is C15H25N3O2S. The molecule has 0 unspecified atom stereocenters. The van der Waals surface area contributed by atoms with Crippen molar-refractivity contribution in [1.82, 2.24) is 8.61 Å². The number of nitrogens with two attached hydrogens (primary N) is 1. The maximum atomic E-state index is 12.5. The van der Waals surface area contributed by atoms with Crippen molar-refractivity contribution in [1.29, 1.82) is 0 Å². The SMILES string of the molecule is CN(CCc1ccccc1)S(=O)(=O)N1CCC(CN)CC1. The zero-order valence-corrected chi connectivity index (χ0v) is 13.4. The fourth-order valence-electron chi connectivity index (χ4n) is 2.62. The van der Waals surface area contributed by atoms with Gasteiger partial charge in [0.15, 0.2) is 0 Å².